The molecule has 12 heavy (non-hydrogen) atoms. The fourth-order valence-corrected chi connectivity index (χ4v) is 1.86. The fraction of sp³-hybridized carbons (Fsp3) is 0.300. The van der Waals surface area contributed by atoms with E-state index >= 15 is 0 Å². The SMILES string of the molecule is O=C1Oc2ccccc2C12CC2. The zero-order chi connectivity index (χ0) is 8.18. The number of rotatable bonds is 0. The first kappa shape index (κ1) is 6.23. The predicted molar refractivity (Wildman–Crippen MR) is 43.0 cm³/mol. The number of ether oxygens (including phenoxy) is 1. The maximum absolute atomic E-state index is 11.4. The molecule has 0 unspecified atom stereocenters. The number of hydrogen-bond donors (Lipinski definition) is 0. The Kier molecular flexibility index (Phi) is 0.888. The van der Waals surface area contributed by atoms with Gasteiger partial charge in [-0.2, -0.15) is 0 Å². The van der Waals surface area contributed by atoms with Crippen molar-refractivity contribution in [2.75, 3.05) is 0 Å². The molecular weight excluding hydrogens is 152 g/mol. The minimum atomic E-state index is -0.226. The van der Waals surface area contributed by atoms with Crippen molar-refractivity contribution in [2.24, 2.45) is 0 Å². The van der Waals surface area contributed by atoms with Crippen molar-refractivity contribution in [2.45, 2.75) is 18.3 Å². The number of benzene rings is 1. The third-order valence-electron chi connectivity index (χ3n) is 2.75. The Hall–Kier alpha value is -1.31. The predicted octanol–water partition coefficient (Wildman–Crippen LogP) is 1.64. The van der Waals surface area contributed by atoms with Crippen molar-refractivity contribution in [3.8, 4) is 5.75 Å². The average Bonchev–Trinajstić information content (AvgIpc) is 2.80. The highest BCUT2D eigenvalue weighted by atomic mass is 16.5. The second-order valence-corrected chi connectivity index (χ2v) is 3.47. The molecule has 1 aromatic carbocycles. The van der Waals surface area contributed by atoms with Gasteiger partial charge >= 0.3 is 5.97 Å². The quantitative estimate of drug-likeness (QED) is 0.426. The molecule has 0 N–H and O–H groups in total. The van der Waals surface area contributed by atoms with Gasteiger partial charge in [-0.3, -0.25) is 4.79 Å². The number of hydrogen-bond acceptors (Lipinski definition) is 2. The highest BCUT2D eigenvalue weighted by Gasteiger charge is 2.58. The lowest BCUT2D eigenvalue weighted by molar-refractivity contribution is -0.135. The van der Waals surface area contributed by atoms with E-state index in [1.165, 1.54) is 0 Å². The van der Waals surface area contributed by atoms with Crippen LogP contribution in [-0.2, 0) is 10.2 Å². The molecule has 0 atom stereocenters. The summed E-state index contributed by atoms with van der Waals surface area (Å²) < 4.78 is 5.15. The molecule has 2 nitrogen and oxygen atoms in total. The van der Waals surface area contributed by atoms with Gasteiger partial charge in [0.1, 0.15) is 5.75 Å². The van der Waals surface area contributed by atoms with Crippen LogP contribution in [0, 0.1) is 0 Å². The molecule has 0 saturated heterocycles. The van der Waals surface area contributed by atoms with Gasteiger partial charge in [-0.15, -0.1) is 0 Å². The lowest BCUT2D eigenvalue weighted by Crippen LogP contribution is -2.16. The molecule has 0 bridgehead atoms. The molecule has 2 aliphatic rings. The smallest absolute Gasteiger partial charge is 0.322 e. The van der Waals surface area contributed by atoms with Gasteiger partial charge in [0.2, 0.25) is 0 Å². The van der Waals surface area contributed by atoms with Crippen molar-refractivity contribution < 1.29 is 9.53 Å². The molecule has 1 aliphatic carbocycles. The van der Waals surface area contributed by atoms with Crippen LogP contribution in [0.25, 0.3) is 0 Å². The van der Waals surface area contributed by atoms with Crippen LogP contribution >= 0.6 is 0 Å². The van der Waals surface area contributed by atoms with Crippen LogP contribution in [0.4, 0.5) is 0 Å². The molecule has 1 saturated carbocycles. The molecule has 1 heterocycles. The Morgan fingerprint density at radius 3 is 2.75 bits per heavy atom. The normalized spacial score (nSPS) is 22.2. The van der Waals surface area contributed by atoms with E-state index in [-0.39, 0.29) is 11.4 Å². The van der Waals surface area contributed by atoms with E-state index in [1.807, 2.05) is 24.3 Å². The van der Waals surface area contributed by atoms with Crippen LogP contribution in [0.1, 0.15) is 18.4 Å². The number of carbonyl (C=O) groups excluding carboxylic acids is 1. The van der Waals surface area contributed by atoms with Gasteiger partial charge in [0.05, 0.1) is 5.41 Å². The number of carbonyl (C=O) groups is 1. The number of fused-ring (bicyclic) bond motifs is 2. The second-order valence-electron chi connectivity index (χ2n) is 3.47. The number of para-hydroxylation sites is 1. The van der Waals surface area contributed by atoms with E-state index in [0.29, 0.717) is 0 Å². The van der Waals surface area contributed by atoms with Gasteiger partial charge in [0.25, 0.3) is 0 Å². The van der Waals surface area contributed by atoms with E-state index in [1.54, 1.807) is 0 Å². The van der Waals surface area contributed by atoms with E-state index in [4.69, 9.17) is 4.74 Å². The summed E-state index contributed by atoms with van der Waals surface area (Å²) >= 11 is 0. The molecule has 1 aromatic rings. The Morgan fingerprint density at radius 2 is 2.00 bits per heavy atom. The van der Waals surface area contributed by atoms with Crippen molar-refractivity contribution in [1.29, 1.82) is 0 Å². The summed E-state index contributed by atoms with van der Waals surface area (Å²) in [5.41, 5.74) is 0.867. The summed E-state index contributed by atoms with van der Waals surface area (Å²) in [4.78, 5) is 11.4. The summed E-state index contributed by atoms with van der Waals surface area (Å²) in [6.07, 6.45) is 1.92. The average molecular weight is 160 g/mol. The van der Waals surface area contributed by atoms with Gasteiger partial charge in [0.15, 0.2) is 0 Å². The third kappa shape index (κ3) is 0.546. The molecule has 1 spiro atoms. The van der Waals surface area contributed by atoms with Crippen molar-refractivity contribution >= 4 is 5.97 Å². The van der Waals surface area contributed by atoms with Gasteiger partial charge in [-0.25, -0.2) is 0 Å². The van der Waals surface area contributed by atoms with Gasteiger partial charge < -0.3 is 4.74 Å². The van der Waals surface area contributed by atoms with Crippen molar-refractivity contribution in [3.63, 3.8) is 0 Å². The first-order valence-corrected chi connectivity index (χ1v) is 4.15. The van der Waals surface area contributed by atoms with E-state index in [2.05, 4.69) is 0 Å². The summed E-state index contributed by atoms with van der Waals surface area (Å²) in [5, 5.41) is 0. The van der Waals surface area contributed by atoms with Crippen molar-refractivity contribution in [1.82, 2.24) is 0 Å². The van der Waals surface area contributed by atoms with Gasteiger partial charge in [0, 0.05) is 5.56 Å². The first-order chi connectivity index (χ1) is 5.83. The van der Waals surface area contributed by atoms with E-state index in [0.717, 1.165) is 24.2 Å². The minimum absolute atomic E-state index is 0.0521. The Labute approximate surface area is 70.2 Å². The van der Waals surface area contributed by atoms with Gasteiger partial charge in [-0.05, 0) is 18.9 Å². The standard InChI is InChI=1S/C10H8O2/c11-9-10(5-6-10)7-3-1-2-4-8(7)12-9/h1-4H,5-6H2. The Bertz CT molecular complexity index is 364. The molecule has 0 amide bonds. The lowest BCUT2D eigenvalue weighted by atomic mass is 9.98. The third-order valence-corrected chi connectivity index (χ3v) is 2.75. The van der Waals surface area contributed by atoms with Crippen LogP contribution in [0.5, 0.6) is 5.75 Å². The van der Waals surface area contributed by atoms with E-state index in [9.17, 15) is 4.79 Å². The Morgan fingerprint density at radius 1 is 1.25 bits per heavy atom. The summed E-state index contributed by atoms with van der Waals surface area (Å²) in [6.45, 7) is 0. The van der Waals surface area contributed by atoms with Crippen LogP contribution in [0.2, 0.25) is 0 Å². The van der Waals surface area contributed by atoms with Crippen LogP contribution in [-0.4, -0.2) is 5.97 Å². The van der Waals surface area contributed by atoms with Crippen molar-refractivity contribution in [3.05, 3.63) is 29.8 Å². The summed E-state index contributed by atoms with van der Waals surface area (Å²) in [6, 6.07) is 7.71. The molecule has 0 aromatic heterocycles. The molecule has 1 fully saturated rings. The lowest BCUT2D eigenvalue weighted by Gasteiger charge is -1.98. The highest BCUT2D eigenvalue weighted by Crippen LogP contribution is 2.55. The molecule has 1 aliphatic heterocycles. The summed E-state index contributed by atoms with van der Waals surface area (Å²) in [7, 11) is 0. The minimum Gasteiger partial charge on any atom is -0.426 e. The molecule has 60 valence electrons. The maximum atomic E-state index is 11.4. The van der Waals surface area contributed by atoms with Crippen LogP contribution in [0.15, 0.2) is 24.3 Å². The zero-order valence-corrected chi connectivity index (χ0v) is 6.54. The monoisotopic (exact) mass is 160 g/mol. The zero-order valence-electron chi connectivity index (χ0n) is 6.54. The number of esters is 1. The van der Waals surface area contributed by atoms with E-state index < -0.39 is 0 Å². The fourth-order valence-electron chi connectivity index (χ4n) is 1.86. The molecule has 3 rings (SSSR count). The summed E-state index contributed by atoms with van der Waals surface area (Å²) in [5.74, 6) is 0.712. The van der Waals surface area contributed by atoms with Gasteiger partial charge in [-0.1, -0.05) is 18.2 Å². The Balaban J connectivity index is 2.26. The highest BCUT2D eigenvalue weighted by molar-refractivity contribution is 5.93. The maximum Gasteiger partial charge on any atom is 0.322 e. The largest absolute Gasteiger partial charge is 0.426 e. The first-order valence-electron chi connectivity index (χ1n) is 4.15. The molecule has 2 heteroatoms. The van der Waals surface area contributed by atoms with Crippen LogP contribution < -0.4 is 4.74 Å². The van der Waals surface area contributed by atoms with Crippen LogP contribution in [0.3, 0.4) is 0 Å². The topological polar surface area (TPSA) is 26.3 Å². The molecular formula is C10H8O2. The second kappa shape index (κ2) is 1.71. The molecule has 0 radical (unpaired) electrons.